The predicted molar refractivity (Wildman–Crippen MR) is 92.0 cm³/mol. The lowest BCUT2D eigenvalue weighted by Crippen LogP contribution is -2.28. The minimum absolute atomic E-state index is 0.558. The van der Waals surface area contributed by atoms with Crippen molar-refractivity contribution in [2.24, 2.45) is 0 Å². The Balaban J connectivity index is 1.53. The lowest BCUT2D eigenvalue weighted by Gasteiger charge is -2.19. The van der Waals surface area contributed by atoms with Crippen LogP contribution in [0.25, 0.3) is 16.7 Å². The maximum atomic E-state index is 8.92. The number of fused-ring (bicyclic) bond motifs is 1. The smallest absolute Gasteiger partial charge is 0.134 e. The third-order valence-electron chi connectivity index (χ3n) is 4.86. The van der Waals surface area contributed by atoms with Gasteiger partial charge in [-0.2, -0.15) is 10.4 Å². The highest BCUT2D eigenvalue weighted by Gasteiger charge is 2.20. The van der Waals surface area contributed by atoms with Crippen LogP contribution in [0.1, 0.15) is 31.1 Å². The number of likely N-dealkylation sites (tertiary alicyclic amines) is 1. The fourth-order valence-corrected chi connectivity index (χ4v) is 3.45. The molecule has 1 aromatic carbocycles. The average Bonchev–Trinajstić information content (AvgIpc) is 3.31. The molecular formula is C19H20N4O. The summed E-state index contributed by atoms with van der Waals surface area (Å²) >= 11 is 0. The lowest BCUT2D eigenvalue weighted by molar-refractivity contribution is 0.266. The van der Waals surface area contributed by atoms with Crippen LogP contribution in [0.4, 0.5) is 0 Å². The molecule has 0 spiro atoms. The number of hydrogen-bond acceptors (Lipinski definition) is 4. The normalized spacial score (nSPS) is 18.2. The average molecular weight is 320 g/mol. The second kappa shape index (κ2) is 6.14. The summed E-state index contributed by atoms with van der Waals surface area (Å²) < 4.78 is 7.69. The van der Waals surface area contributed by atoms with E-state index in [1.54, 1.807) is 17.1 Å². The van der Waals surface area contributed by atoms with Crippen LogP contribution in [0.15, 0.2) is 41.1 Å². The molecule has 0 saturated carbocycles. The van der Waals surface area contributed by atoms with Crippen molar-refractivity contribution < 1.29 is 4.42 Å². The number of nitrogens with zero attached hydrogens (tertiary/aromatic N) is 4. The van der Waals surface area contributed by atoms with Gasteiger partial charge in [0.15, 0.2) is 0 Å². The van der Waals surface area contributed by atoms with E-state index in [0.717, 1.165) is 35.4 Å². The van der Waals surface area contributed by atoms with Gasteiger partial charge in [0.25, 0.3) is 0 Å². The standard InChI is InChI=1S/C19H20N4O/c1-14-3-2-7-22(14)8-6-18-10-16-9-17(4-5-19(16)24-18)23-13-15(11-20)12-21-23/h4-5,9-10,12-14H,2-3,6-8H2,1H3/t14-/m1/s1. The summed E-state index contributed by atoms with van der Waals surface area (Å²) in [6, 6.07) is 10.9. The fourth-order valence-electron chi connectivity index (χ4n) is 3.45. The molecule has 5 heteroatoms. The van der Waals surface area contributed by atoms with Gasteiger partial charge >= 0.3 is 0 Å². The molecule has 0 bridgehead atoms. The topological polar surface area (TPSA) is 58.0 Å². The first kappa shape index (κ1) is 15.0. The van der Waals surface area contributed by atoms with Crippen LogP contribution in [-0.2, 0) is 6.42 Å². The maximum Gasteiger partial charge on any atom is 0.134 e. The zero-order valence-corrected chi connectivity index (χ0v) is 13.8. The van der Waals surface area contributed by atoms with Crippen LogP contribution in [-0.4, -0.2) is 33.8 Å². The van der Waals surface area contributed by atoms with E-state index < -0.39 is 0 Å². The minimum atomic E-state index is 0.558. The first-order valence-electron chi connectivity index (χ1n) is 8.44. The van der Waals surface area contributed by atoms with Gasteiger partial charge in [0.2, 0.25) is 0 Å². The van der Waals surface area contributed by atoms with E-state index >= 15 is 0 Å². The first-order chi connectivity index (χ1) is 11.7. The SMILES string of the molecule is C[C@@H]1CCCN1CCc1cc2cc(-n3cc(C#N)cn3)ccc2o1. The highest BCUT2D eigenvalue weighted by atomic mass is 16.3. The summed E-state index contributed by atoms with van der Waals surface area (Å²) in [6.07, 6.45) is 6.85. The second-order valence-corrected chi connectivity index (χ2v) is 6.50. The number of furan rings is 1. The highest BCUT2D eigenvalue weighted by molar-refractivity contribution is 5.80. The summed E-state index contributed by atoms with van der Waals surface area (Å²) in [4.78, 5) is 2.53. The van der Waals surface area contributed by atoms with Crippen molar-refractivity contribution in [2.45, 2.75) is 32.2 Å². The molecule has 122 valence electrons. The molecule has 3 aromatic rings. The van der Waals surface area contributed by atoms with Gasteiger partial charge in [-0.15, -0.1) is 0 Å². The molecule has 3 heterocycles. The van der Waals surface area contributed by atoms with Crippen molar-refractivity contribution in [1.82, 2.24) is 14.7 Å². The van der Waals surface area contributed by atoms with Crippen LogP contribution < -0.4 is 0 Å². The van der Waals surface area contributed by atoms with E-state index in [2.05, 4.69) is 35.1 Å². The van der Waals surface area contributed by atoms with Crippen LogP contribution >= 0.6 is 0 Å². The summed E-state index contributed by atoms with van der Waals surface area (Å²) in [6.45, 7) is 4.56. The van der Waals surface area contributed by atoms with Crippen LogP contribution in [0.3, 0.4) is 0 Å². The van der Waals surface area contributed by atoms with E-state index in [1.165, 1.54) is 19.4 Å². The molecule has 0 aliphatic carbocycles. The molecule has 0 radical (unpaired) electrons. The van der Waals surface area contributed by atoms with Crippen molar-refractivity contribution in [2.75, 3.05) is 13.1 Å². The largest absolute Gasteiger partial charge is 0.461 e. The molecule has 1 aliphatic rings. The Morgan fingerprint density at radius 3 is 3.04 bits per heavy atom. The molecule has 1 atom stereocenters. The van der Waals surface area contributed by atoms with Crippen molar-refractivity contribution in [3.63, 3.8) is 0 Å². The van der Waals surface area contributed by atoms with E-state index in [9.17, 15) is 0 Å². The van der Waals surface area contributed by atoms with E-state index in [4.69, 9.17) is 9.68 Å². The summed E-state index contributed by atoms with van der Waals surface area (Å²) in [5.74, 6) is 1.03. The maximum absolute atomic E-state index is 8.92. The van der Waals surface area contributed by atoms with Gasteiger partial charge in [0.05, 0.1) is 17.4 Å². The van der Waals surface area contributed by atoms with Gasteiger partial charge in [-0.25, -0.2) is 4.68 Å². The molecule has 0 unspecified atom stereocenters. The van der Waals surface area contributed by atoms with E-state index in [-0.39, 0.29) is 0 Å². The summed E-state index contributed by atoms with van der Waals surface area (Å²) in [7, 11) is 0. The van der Waals surface area contributed by atoms with Gasteiger partial charge in [0.1, 0.15) is 17.4 Å². The molecule has 5 nitrogen and oxygen atoms in total. The predicted octanol–water partition coefficient (Wildman–Crippen LogP) is 3.52. The number of aromatic nitrogens is 2. The zero-order chi connectivity index (χ0) is 16.5. The first-order valence-corrected chi connectivity index (χ1v) is 8.44. The Bertz CT molecular complexity index is 902. The van der Waals surface area contributed by atoms with E-state index in [1.807, 2.05) is 12.1 Å². The monoisotopic (exact) mass is 320 g/mol. The lowest BCUT2D eigenvalue weighted by atomic mass is 10.2. The molecule has 1 aliphatic heterocycles. The number of nitriles is 1. The van der Waals surface area contributed by atoms with Gasteiger partial charge in [-0.3, -0.25) is 0 Å². The fraction of sp³-hybridized carbons (Fsp3) is 0.368. The molecule has 2 aromatic heterocycles. The molecule has 4 rings (SSSR count). The van der Waals surface area contributed by atoms with Crippen molar-refractivity contribution in [3.8, 4) is 11.8 Å². The third kappa shape index (κ3) is 2.81. The third-order valence-corrected chi connectivity index (χ3v) is 4.86. The Hall–Kier alpha value is -2.58. The zero-order valence-electron chi connectivity index (χ0n) is 13.8. The van der Waals surface area contributed by atoms with Crippen LogP contribution in [0.5, 0.6) is 0 Å². The second-order valence-electron chi connectivity index (χ2n) is 6.50. The Morgan fingerprint density at radius 1 is 1.38 bits per heavy atom. The van der Waals surface area contributed by atoms with Crippen molar-refractivity contribution >= 4 is 11.0 Å². The van der Waals surface area contributed by atoms with Gasteiger partial charge < -0.3 is 9.32 Å². The van der Waals surface area contributed by atoms with Crippen LogP contribution in [0.2, 0.25) is 0 Å². The van der Waals surface area contributed by atoms with Crippen molar-refractivity contribution in [1.29, 1.82) is 5.26 Å². The van der Waals surface area contributed by atoms with Crippen molar-refractivity contribution in [3.05, 3.63) is 48.0 Å². The summed E-state index contributed by atoms with van der Waals surface area (Å²) in [5, 5.41) is 14.2. The Morgan fingerprint density at radius 2 is 2.29 bits per heavy atom. The Labute approximate surface area is 141 Å². The molecule has 1 fully saturated rings. The molecular weight excluding hydrogens is 300 g/mol. The van der Waals surface area contributed by atoms with E-state index in [0.29, 0.717) is 11.6 Å². The molecule has 0 N–H and O–H groups in total. The number of benzene rings is 1. The molecule has 0 amide bonds. The molecule has 24 heavy (non-hydrogen) atoms. The van der Waals surface area contributed by atoms with Gasteiger partial charge in [-0.05, 0) is 50.6 Å². The van der Waals surface area contributed by atoms with Crippen LogP contribution in [0, 0.1) is 11.3 Å². The molecule has 1 saturated heterocycles. The summed E-state index contributed by atoms with van der Waals surface area (Å²) in [5.41, 5.74) is 2.39. The quantitative estimate of drug-likeness (QED) is 0.738. The number of rotatable bonds is 4. The van der Waals surface area contributed by atoms with Gasteiger partial charge in [-0.1, -0.05) is 0 Å². The Kier molecular flexibility index (Phi) is 3.83. The minimum Gasteiger partial charge on any atom is -0.461 e. The highest BCUT2D eigenvalue weighted by Crippen LogP contribution is 2.24. The number of hydrogen-bond donors (Lipinski definition) is 0. The van der Waals surface area contributed by atoms with Gasteiger partial charge in [0, 0.05) is 30.6 Å².